The SMILES string of the molecule is Cn1cc(CN2CCC(Oc3cccc4[nH]ccc34)CC2)ccc1=O. The first kappa shape index (κ1) is 16.0. The maximum atomic E-state index is 11.5. The van der Waals surface area contributed by atoms with Gasteiger partial charge < -0.3 is 14.3 Å². The second-order valence-electron chi connectivity index (χ2n) is 6.77. The maximum absolute atomic E-state index is 11.5. The highest BCUT2D eigenvalue weighted by atomic mass is 16.5. The number of aryl methyl sites for hydroxylation is 1. The predicted molar refractivity (Wildman–Crippen MR) is 98.9 cm³/mol. The summed E-state index contributed by atoms with van der Waals surface area (Å²) in [5.41, 5.74) is 2.33. The minimum atomic E-state index is 0.0368. The van der Waals surface area contributed by atoms with Crippen molar-refractivity contribution in [2.24, 2.45) is 7.05 Å². The predicted octanol–water partition coefficient (Wildman–Crippen LogP) is 2.91. The Balaban J connectivity index is 1.36. The molecular formula is C20H23N3O2. The van der Waals surface area contributed by atoms with Gasteiger partial charge in [-0.15, -0.1) is 0 Å². The number of aromatic nitrogens is 2. The Labute approximate surface area is 146 Å². The molecule has 3 heterocycles. The van der Waals surface area contributed by atoms with Crippen molar-refractivity contribution >= 4 is 10.9 Å². The molecule has 1 fully saturated rings. The molecule has 5 heteroatoms. The minimum Gasteiger partial charge on any atom is -0.490 e. The summed E-state index contributed by atoms with van der Waals surface area (Å²) < 4.78 is 7.91. The highest BCUT2D eigenvalue weighted by Crippen LogP contribution is 2.27. The third-order valence-corrected chi connectivity index (χ3v) is 4.94. The van der Waals surface area contributed by atoms with Gasteiger partial charge in [-0.3, -0.25) is 9.69 Å². The van der Waals surface area contributed by atoms with Crippen LogP contribution >= 0.6 is 0 Å². The molecule has 0 bridgehead atoms. The molecule has 25 heavy (non-hydrogen) atoms. The van der Waals surface area contributed by atoms with Gasteiger partial charge in [0.2, 0.25) is 5.56 Å². The van der Waals surface area contributed by atoms with Gasteiger partial charge in [0.1, 0.15) is 11.9 Å². The van der Waals surface area contributed by atoms with Crippen molar-refractivity contribution in [3.63, 3.8) is 0 Å². The van der Waals surface area contributed by atoms with Crippen LogP contribution in [0.2, 0.25) is 0 Å². The number of likely N-dealkylation sites (tertiary alicyclic amines) is 1. The van der Waals surface area contributed by atoms with Crippen LogP contribution in [0.1, 0.15) is 18.4 Å². The molecular weight excluding hydrogens is 314 g/mol. The number of H-pyrrole nitrogens is 1. The van der Waals surface area contributed by atoms with Gasteiger partial charge in [-0.1, -0.05) is 12.1 Å². The number of nitrogens with one attached hydrogen (secondary N) is 1. The maximum Gasteiger partial charge on any atom is 0.250 e. The van der Waals surface area contributed by atoms with Crippen molar-refractivity contribution in [1.29, 1.82) is 0 Å². The number of pyridine rings is 1. The average molecular weight is 337 g/mol. The summed E-state index contributed by atoms with van der Waals surface area (Å²) in [5, 5.41) is 1.15. The van der Waals surface area contributed by atoms with Crippen LogP contribution < -0.4 is 10.3 Å². The number of nitrogens with zero attached hydrogens (tertiary/aromatic N) is 2. The summed E-state index contributed by atoms with van der Waals surface area (Å²) in [4.78, 5) is 17.1. The molecule has 0 radical (unpaired) electrons. The topological polar surface area (TPSA) is 50.3 Å². The number of hydrogen-bond acceptors (Lipinski definition) is 3. The number of ether oxygens (including phenoxy) is 1. The highest BCUT2D eigenvalue weighted by molar-refractivity contribution is 5.85. The van der Waals surface area contributed by atoms with Gasteiger partial charge in [0.05, 0.1) is 0 Å². The third kappa shape index (κ3) is 3.46. The standard InChI is InChI=1S/C20H23N3O2/c1-22-13-15(5-6-20(22)24)14-23-11-8-16(9-12-23)25-19-4-2-3-18-17(19)7-10-21-18/h2-7,10,13,16,21H,8-9,11-12,14H2,1H3. The van der Waals surface area contributed by atoms with Crippen LogP contribution in [0, 0.1) is 0 Å². The molecule has 0 saturated carbocycles. The molecule has 1 saturated heterocycles. The summed E-state index contributed by atoms with van der Waals surface area (Å²) in [5.74, 6) is 0.968. The van der Waals surface area contributed by atoms with E-state index in [1.807, 2.05) is 30.6 Å². The first-order valence-corrected chi connectivity index (χ1v) is 8.80. The molecule has 130 valence electrons. The largest absolute Gasteiger partial charge is 0.490 e. The van der Waals surface area contributed by atoms with Crippen molar-refractivity contribution in [3.8, 4) is 5.75 Å². The van der Waals surface area contributed by atoms with E-state index in [9.17, 15) is 4.79 Å². The van der Waals surface area contributed by atoms with E-state index in [1.54, 1.807) is 17.7 Å². The number of fused-ring (bicyclic) bond motifs is 1. The molecule has 1 aromatic carbocycles. The van der Waals surface area contributed by atoms with Gasteiger partial charge in [-0.05, 0) is 36.6 Å². The second kappa shape index (κ2) is 6.76. The van der Waals surface area contributed by atoms with Crippen LogP contribution in [-0.4, -0.2) is 33.6 Å². The van der Waals surface area contributed by atoms with Gasteiger partial charge in [0.25, 0.3) is 0 Å². The van der Waals surface area contributed by atoms with E-state index in [0.717, 1.165) is 49.1 Å². The Hall–Kier alpha value is -2.53. The van der Waals surface area contributed by atoms with Crippen LogP contribution in [0.25, 0.3) is 10.9 Å². The van der Waals surface area contributed by atoms with Crippen molar-refractivity contribution in [2.75, 3.05) is 13.1 Å². The summed E-state index contributed by atoms with van der Waals surface area (Å²) in [6.07, 6.45) is 6.18. The lowest BCUT2D eigenvalue weighted by molar-refractivity contribution is 0.0979. The van der Waals surface area contributed by atoms with Crippen LogP contribution in [0.5, 0.6) is 5.75 Å². The quantitative estimate of drug-likeness (QED) is 0.796. The number of benzene rings is 1. The summed E-state index contributed by atoms with van der Waals surface area (Å²) in [6.45, 7) is 2.90. The summed E-state index contributed by atoms with van der Waals surface area (Å²) in [6, 6.07) is 11.8. The average Bonchev–Trinajstić information content (AvgIpc) is 3.10. The van der Waals surface area contributed by atoms with Gasteiger partial charge >= 0.3 is 0 Å². The molecule has 0 unspecified atom stereocenters. The molecule has 3 aromatic rings. The van der Waals surface area contributed by atoms with E-state index in [2.05, 4.69) is 22.0 Å². The fraction of sp³-hybridized carbons (Fsp3) is 0.350. The first-order valence-electron chi connectivity index (χ1n) is 8.80. The lowest BCUT2D eigenvalue weighted by Crippen LogP contribution is -2.38. The van der Waals surface area contributed by atoms with Crippen LogP contribution in [-0.2, 0) is 13.6 Å². The summed E-state index contributed by atoms with van der Waals surface area (Å²) in [7, 11) is 1.80. The molecule has 0 atom stereocenters. The van der Waals surface area contributed by atoms with Gasteiger partial charge in [-0.2, -0.15) is 0 Å². The zero-order valence-corrected chi connectivity index (χ0v) is 14.4. The zero-order valence-electron chi connectivity index (χ0n) is 14.4. The van der Waals surface area contributed by atoms with Crippen molar-refractivity contribution < 1.29 is 4.74 Å². The third-order valence-electron chi connectivity index (χ3n) is 4.94. The molecule has 0 amide bonds. The Morgan fingerprint density at radius 2 is 2.00 bits per heavy atom. The van der Waals surface area contributed by atoms with E-state index in [0.29, 0.717) is 0 Å². The Morgan fingerprint density at radius 3 is 2.80 bits per heavy atom. The fourth-order valence-corrected chi connectivity index (χ4v) is 3.53. The number of hydrogen-bond donors (Lipinski definition) is 1. The number of aromatic amines is 1. The van der Waals surface area contributed by atoms with E-state index in [-0.39, 0.29) is 11.7 Å². The molecule has 4 rings (SSSR count). The van der Waals surface area contributed by atoms with Crippen LogP contribution in [0.3, 0.4) is 0 Å². The molecule has 2 aromatic heterocycles. The molecule has 1 N–H and O–H groups in total. The molecule has 1 aliphatic heterocycles. The smallest absolute Gasteiger partial charge is 0.250 e. The number of piperidine rings is 1. The molecule has 5 nitrogen and oxygen atoms in total. The van der Waals surface area contributed by atoms with Gasteiger partial charge in [-0.25, -0.2) is 0 Å². The van der Waals surface area contributed by atoms with E-state index in [1.165, 1.54) is 5.56 Å². The normalized spacial score (nSPS) is 16.4. The Kier molecular flexibility index (Phi) is 4.32. The van der Waals surface area contributed by atoms with Crippen LogP contribution in [0.15, 0.2) is 53.6 Å². The molecule has 1 aliphatic rings. The van der Waals surface area contributed by atoms with E-state index in [4.69, 9.17) is 4.74 Å². The Morgan fingerprint density at radius 1 is 1.16 bits per heavy atom. The lowest BCUT2D eigenvalue weighted by Gasteiger charge is -2.32. The first-order chi connectivity index (χ1) is 12.2. The summed E-state index contributed by atoms with van der Waals surface area (Å²) >= 11 is 0. The van der Waals surface area contributed by atoms with Crippen LogP contribution in [0.4, 0.5) is 0 Å². The number of rotatable bonds is 4. The van der Waals surface area contributed by atoms with Crippen molar-refractivity contribution in [1.82, 2.24) is 14.5 Å². The van der Waals surface area contributed by atoms with Crippen molar-refractivity contribution in [3.05, 3.63) is 64.7 Å². The van der Waals surface area contributed by atoms with Gasteiger partial charge in [0.15, 0.2) is 0 Å². The lowest BCUT2D eigenvalue weighted by atomic mass is 10.1. The Bertz CT molecular complexity index is 920. The molecule has 0 spiro atoms. The second-order valence-corrected chi connectivity index (χ2v) is 6.77. The van der Waals surface area contributed by atoms with Crippen molar-refractivity contribution in [2.45, 2.75) is 25.5 Å². The van der Waals surface area contributed by atoms with E-state index >= 15 is 0 Å². The monoisotopic (exact) mass is 337 g/mol. The van der Waals surface area contributed by atoms with E-state index < -0.39 is 0 Å². The molecule has 0 aliphatic carbocycles. The highest BCUT2D eigenvalue weighted by Gasteiger charge is 2.21. The zero-order chi connectivity index (χ0) is 17.2. The van der Waals surface area contributed by atoms with Gasteiger partial charge in [0, 0.05) is 56.0 Å². The fourth-order valence-electron chi connectivity index (χ4n) is 3.53. The minimum absolute atomic E-state index is 0.0368.